The minimum atomic E-state index is -1.000. The van der Waals surface area contributed by atoms with Gasteiger partial charge in [-0.05, 0) is 31.2 Å². The normalized spacial score (nSPS) is 21.0. The molecule has 6 heteroatoms. The Labute approximate surface area is 120 Å². The summed E-state index contributed by atoms with van der Waals surface area (Å²) < 4.78 is 5.13. The minimum absolute atomic E-state index is 0.0808. The van der Waals surface area contributed by atoms with Gasteiger partial charge in [0.15, 0.2) is 6.04 Å². The van der Waals surface area contributed by atoms with Crippen LogP contribution in [0.1, 0.15) is 33.1 Å². The third-order valence-corrected chi connectivity index (χ3v) is 3.94. The van der Waals surface area contributed by atoms with Crippen LogP contribution in [0.5, 0.6) is 0 Å². The lowest BCUT2D eigenvalue weighted by molar-refractivity contribution is -0.158. The van der Waals surface area contributed by atoms with E-state index in [-0.39, 0.29) is 12.5 Å². The zero-order valence-electron chi connectivity index (χ0n) is 12.4. The first-order valence-corrected chi connectivity index (χ1v) is 7.27. The van der Waals surface area contributed by atoms with Crippen molar-refractivity contribution >= 4 is 11.9 Å². The predicted molar refractivity (Wildman–Crippen MR) is 75.2 cm³/mol. The van der Waals surface area contributed by atoms with E-state index in [4.69, 9.17) is 15.6 Å². The second-order valence-electron chi connectivity index (χ2n) is 5.64. The molecule has 0 aromatic rings. The number of morpholine rings is 1. The zero-order valence-corrected chi connectivity index (χ0v) is 12.4. The predicted octanol–water partition coefficient (Wildman–Crippen LogP) is 0.700. The summed E-state index contributed by atoms with van der Waals surface area (Å²) in [6.45, 7) is 5.72. The maximum atomic E-state index is 12.2. The summed E-state index contributed by atoms with van der Waals surface area (Å²) in [4.78, 5) is 24.8. The summed E-state index contributed by atoms with van der Waals surface area (Å²) in [5.41, 5.74) is 5.59. The first-order valence-electron chi connectivity index (χ1n) is 7.27. The molecule has 1 heterocycles. The average Bonchev–Trinajstić information content (AvgIpc) is 2.42. The van der Waals surface area contributed by atoms with Gasteiger partial charge in [-0.2, -0.15) is 0 Å². The van der Waals surface area contributed by atoms with Gasteiger partial charge in [0.2, 0.25) is 5.91 Å². The van der Waals surface area contributed by atoms with Gasteiger partial charge in [-0.15, -0.1) is 0 Å². The quantitative estimate of drug-likeness (QED) is 0.718. The van der Waals surface area contributed by atoms with E-state index < -0.39 is 12.0 Å². The molecule has 0 aromatic heterocycles. The van der Waals surface area contributed by atoms with Crippen molar-refractivity contribution in [3.63, 3.8) is 0 Å². The highest BCUT2D eigenvalue weighted by molar-refractivity contribution is 5.84. The van der Waals surface area contributed by atoms with E-state index in [0.29, 0.717) is 38.0 Å². The number of nitrogens with two attached hydrogens (primary N) is 1. The summed E-state index contributed by atoms with van der Waals surface area (Å²) in [6, 6.07) is -0.844. The van der Waals surface area contributed by atoms with E-state index in [1.54, 1.807) is 0 Å². The molecule has 2 unspecified atom stereocenters. The standard InChI is InChI=1S/C14H26N2O4/c1-10(2)11(5-6-15)3-4-13(17)16-7-8-20-9-12(16)14(18)19/h10-12H,3-9,15H2,1-2H3,(H,18,19). The highest BCUT2D eigenvalue weighted by Gasteiger charge is 2.32. The number of nitrogens with zero attached hydrogens (tertiary/aromatic N) is 1. The molecule has 2 atom stereocenters. The number of carboxylic acids is 1. The first kappa shape index (κ1) is 16.9. The SMILES string of the molecule is CC(C)C(CCN)CCC(=O)N1CCOCC1C(=O)O. The molecule has 0 spiro atoms. The number of hydrogen-bond donors (Lipinski definition) is 2. The van der Waals surface area contributed by atoms with Gasteiger partial charge in [0.1, 0.15) is 0 Å². The van der Waals surface area contributed by atoms with Crippen LogP contribution < -0.4 is 5.73 Å². The van der Waals surface area contributed by atoms with Crippen molar-refractivity contribution in [1.82, 2.24) is 4.90 Å². The fourth-order valence-corrected chi connectivity index (χ4v) is 2.58. The molecule has 116 valence electrons. The summed E-state index contributed by atoms with van der Waals surface area (Å²) >= 11 is 0. The Hall–Kier alpha value is -1.14. The molecule has 1 aliphatic rings. The molecule has 0 bridgehead atoms. The number of carbonyl (C=O) groups excluding carboxylic acids is 1. The topological polar surface area (TPSA) is 92.9 Å². The van der Waals surface area contributed by atoms with Gasteiger partial charge in [-0.3, -0.25) is 4.79 Å². The largest absolute Gasteiger partial charge is 0.480 e. The third-order valence-electron chi connectivity index (χ3n) is 3.94. The Morgan fingerprint density at radius 1 is 1.40 bits per heavy atom. The molecule has 1 amide bonds. The van der Waals surface area contributed by atoms with E-state index in [9.17, 15) is 9.59 Å². The lowest BCUT2D eigenvalue weighted by Gasteiger charge is -2.33. The van der Waals surface area contributed by atoms with Gasteiger partial charge in [-0.25, -0.2) is 4.79 Å². The number of carbonyl (C=O) groups is 2. The van der Waals surface area contributed by atoms with Crippen molar-refractivity contribution in [2.24, 2.45) is 17.6 Å². The van der Waals surface area contributed by atoms with Crippen LogP contribution in [-0.4, -0.2) is 54.2 Å². The van der Waals surface area contributed by atoms with Crippen LogP contribution in [-0.2, 0) is 14.3 Å². The van der Waals surface area contributed by atoms with Crippen LogP contribution in [0.15, 0.2) is 0 Å². The third kappa shape index (κ3) is 4.76. The monoisotopic (exact) mass is 286 g/mol. The summed E-state index contributed by atoms with van der Waals surface area (Å²) in [6.07, 6.45) is 2.04. The lowest BCUT2D eigenvalue weighted by atomic mass is 9.88. The Balaban J connectivity index is 2.53. The van der Waals surface area contributed by atoms with E-state index in [1.165, 1.54) is 4.90 Å². The van der Waals surface area contributed by atoms with Crippen molar-refractivity contribution in [2.45, 2.75) is 39.2 Å². The zero-order chi connectivity index (χ0) is 15.1. The van der Waals surface area contributed by atoms with Gasteiger partial charge in [0, 0.05) is 13.0 Å². The van der Waals surface area contributed by atoms with Crippen LogP contribution in [0.25, 0.3) is 0 Å². The second kappa shape index (κ2) is 8.21. The summed E-state index contributed by atoms with van der Waals surface area (Å²) in [7, 11) is 0. The van der Waals surface area contributed by atoms with Crippen molar-refractivity contribution < 1.29 is 19.4 Å². The van der Waals surface area contributed by atoms with Gasteiger partial charge in [-0.1, -0.05) is 13.8 Å². The molecule has 20 heavy (non-hydrogen) atoms. The fraction of sp³-hybridized carbons (Fsp3) is 0.857. The molecule has 0 saturated carbocycles. The molecule has 0 aliphatic carbocycles. The number of ether oxygens (including phenoxy) is 1. The molecule has 3 N–H and O–H groups in total. The van der Waals surface area contributed by atoms with Gasteiger partial charge in [0.25, 0.3) is 0 Å². The number of aliphatic carboxylic acids is 1. The summed E-state index contributed by atoms with van der Waals surface area (Å²) in [5, 5.41) is 9.12. The molecule has 1 rings (SSSR count). The number of amides is 1. The van der Waals surface area contributed by atoms with Crippen molar-refractivity contribution in [1.29, 1.82) is 0 Å². The highest BCUT2D eigenvalue weighted by atomic mass is 16.5. The lowest BCUT2D eigenvalue weighted by Crippen LogP contribution is -2.52. The number of carboxylic acid groups (broad SMARTS) is 1. The van der Waals surface area contributed by atoms with Crippen molar-refractivity contribution in [2.75, 3.05) is 26.3 Å². The second-order valence-corrected chi connectivity index (χ2v) is 5.64. The first-order chi connectivity index (χ1) is 9.47. The Bertz CT molecular complexity index is 333. The molecule has 1 saturated heterocycles. The molecule has 1 fully saturated rings. The molecule has 0 aromatic carbocycles. The average molecular weight is 286 g/mol. The maximum absolute atomic E-state index is 12.2. The highest BCUT2D eigenvalue weighted by Crippen LogP contribution is 2.21. The molecule has 0 radical (unpaired) electrons. The number of rotatable bonds is 7. The van der Waals surface area contributed by atoms with E-state index in [0.717, 1.165) is 12.8 Å². The molecule has 1 aliphatic heterocycles. The number of hydrogen-bond acceptors (Lipinski definition) is 4. The van der Waals surface area contributed by atoms with E-state index in [1.807, 2.05) is 0 Å². The van der Waals surface area contributed by atoms with Crippen LogP contribution in [0.2, 0.25) is 0 Å². The molecular weight excluding hydrogens is 260 g/mol. The van der Waals surface area contributed by atoms with Crippen LogP contribution in [0, 0.1) is 11.8 Å². The van der Waals surface area contributed by atoms with Gasteiger partial charge in [0.05, 0.1) is 13.2 Å². The van der Waals surface area contributed by atoms with Crippen LogP contribution in [0.3, 0.4) is 0 Å². The van der Waals surface area contributed by atoms with E-state index >= 15 is 0 Å². The molecular formula is C14H26N2O4. The Morgan fingerprint density at radius 2 is 2.10 bits per heavy atom. The fourth-order valence-electron chi connectivity index (χ4n) is 2.58. The summed E-state index contributed by atoms with van der Waals surface area (Å²) in [5.74, 6) is -0.205. The Morgan fingerprint density at radius 3 is 2.65 bits per heavy atom. The van der Waals surface area contributed by atoms with Crippen LogP contribution >= 0.6 is 0 Å². The molecule has 6 nitrogen and oxygen atoms in total. The van der Waals surface area contributed by atoms with E-state index in [2.05, 4.69) is 13.8 Å². The van der Waals surface area contributed by atoms with Gasteiger partial charge >= 0.3 is 5.97 Å². The van der Waals surface area contributed by atoms with Crippen LogP contribution in [0.4, 0.5) is 0 Å². The maximum Gasteiger partial charge on any atom is 0.328 e. The smallest absolute Gasteiger partial charge is 0.328 e. The van der Waals surface area contributed by atoms with Crippen molar-refractivity contribution in [3.8, 4) is 0 Å². The minimum Gasteiger partial charge on any atom is -0.480 e. The van der Waals surface area contributed by atoms with Crippen molar-refractivity contribution in [3.05, 3.63) is 0 Å². The Kier molecular flexibility index (Phi) is 6.95. The van der Waals surface area contributed by atoms with Gasteiger partial charge < -0.3 is 20.5 Å².